The Bertz CT molecular complexity index is 250. The molecule has 0 spiro atoms. The van der Waals surface area contributed by atoms with Crippen LogP contribution in [0.2, 0.25) is 0 Å². The number of aliphatic hydroxyl groups excluding tert-OH is 1. The van der Waals surface area contributed by atoms with Gasteiger partial charge in [-0.3, -0.25) is 4.98 Å². The molecule has 1 aromatic heterocycles. The molecule has 3 nitrogen and oxygen atoms in total. The van der Waals surface area contributed by atoms with Crippen LogP contribution in [-0.2, 0) is 0 Å². The Morgan fingerprint density at radius 3 is 3.00 bits per heavy atom. The summed E-state index contributed by atoms with van der Waals surface area (Å²) in [6.07, 6.45) is 1.75. The van der Waals surface area contributed by atoms with Crippen LogP contribution in [0.25, 0.3) is 0 Å². The van der Waals surface area contributed by atoms with Gasteiger partial charge in [0, 0.05) is 6.20 Å². The van der Waals surface area contributed by atoms with Gasteiger partial charge in [-0.1, -0.05) is 0 Å². The van der Waals surface area contributed by atoms with Crippen molar-refractivity contribution in [2.24, 2.45) is 5.73 Å². The summed E-state index contributed by atoms with van der Waals surface area (Å²) in [6.45, 7) is 2.46. The van der Waals surface area contributed by atoms with E-state index in [0.29, 0.717) is 18.7 Å². The van der Waals surface area contributed by atoms with Gasteiger partial charge in [0.15, 0.2) is 0 Å². The van der Waals surface area contributed by atoms with Gasteiger partial charge in [0.05, 0.1) is 11.8 Å². The van der Waals surface area contributed by atoms with E-state index in [9.17, 15) is 5.11 Å². The van der Waals surface area contributed by atoms with Crippen LogP contribution in [0, 0.1) is 6.92 Å². The molecule has 1 rings (SSSR count). The number of aryl methyl sites for hydroxylation is 1. The average Bonchev–Trinajstić information content (AvgIpc) is 2.05. The summed E-state index contributed by atoms with van der Waals surface area (Å²) in [4.78, 5) is 4.05. The number of nitrogens with zero attached hydrogens (tertiary/aromatic N) is 1. The molecule has 3 heteroatoms. The molecule has 0 amide bonds. The van der Waals surface area contributed by atoms with Crippen LogP contribution in [0.1, 0.15) is 23.8 Å². The number of aromatic nitrogens is 1. The Balaban J connectivity index is 2.73. The van der Waals surface area contributed by atoms with Crippen molar-refractivity contribution < 1.29 is 5.11 Å². The summed E-state index contributed by atoms with van der Waals surface area (Å²) in [5.74, 6) is 0. The maximum Gasteiger partial charge on any atom is 0.0971 e. The highest BCUT2D eigenvalue weighted by Gasteiger charge is 2.06. The molecule has 0 saturated heterocycles. The number of aliphatic hydroxyl groups is 1. The lowest BCUT2D eigenvalue weighted by Gasteiger charge is -2.08. The van der Waals surface area contributed by atoms with Crippen LogP contribution in [0.4, 0.5) is 0 Å². The maximum absolute atomic E-state index is 9.50. The number of rotatable bonds is 3. The van der Waals surface area contributed by atoms with Crippen LogP contribution in [-0.4, -0.2) is 16.6 Å². The minimum atomic E-state index is -0.519. The fourth-order valence-corrected chi connectivity index (χ4v) is 1.05. The molecule has 1 heterocycles. The highest BCUT2D eigenvalue weighted by molar-refractivity contribution is 5.16. The van der Waals surface area contributed by atoms with E-state index in [2.05, 4.69) is 4.98 Å². The Morgan fingerprint density at radius 1 is 1.67 bits per heavy atom. The molecule has 1 atom stereocenters. The monoisotopic (exact) mass is 166 g/mol. The molecule has 0 aliphatic heterocycles. The first-order valence-electron chi connectivity index (χ1n) is 4.04. The second kappa shape index (κ2) is 4.18. The van der Waals surface area contributed by atoms with Gasteiger partial charge in [-0.25, -0.2) is 0 Å². The maximum atomic E-state index is 9.50. The van der Waals surface area contributed by atoms with Gasteiger partial charge in [0.1, 0.15) is 0 Å². The van der Waals surface area contributed by atoms with E-state index < -0.39 is 6.10 Å². The van der Waals surface area contributed by atoms with Crippen molar-refractivity contribution in [2.45, 2.75) is 19.4 Å². The second-order valence-corrected chi connectivity index (χ2v) is 2.85. The molecule has 66 valence electrons. The predicted molar refractivity (Wildman–Crippen MR) is 47.6 cm³/mol. The molecule has 3 N–H and O–H groups in total. The number of pyridine rings is 1. The Labute approximate surface area is 72.2 Å². The molecule has 0 bridgehead atoms. The molecule has 0 fully saturated rings. The van der Waals surface area contributed by atoms with E-state index in [0.717, 1.165) is 5.56 Å². The summed E-state index contributed by atoms with van der Waals surface area (Å²) in [5.41, 5.74) is 7.13. The highest BCUT2D eigenvalue weighted by Crippen LogP contribution is 2.13. The lowest BCUT2D eigenvalue weighted by Crippen LogP contribution is -2.08. The standard InChI is InChI=1S/C9H14N2O/c1-7-3-5-11-8(6-7)9(12)2-4-10/h3,5-6,9,12H,2,4,10H2,1H3/t9-/m1/s1. The van der Waals surface area contributed by atoms with Crippen molar-refractivity contribution in [3.63, 3.8) is 0 Å². The van der Waals surface area contributed by atoms with Crippen molar-refractivity contribution in [1.29, 1.82) is 0 Å². The average molecular weight is 166 g/mol. The molecule has 0 unspecified atom stereocenters. The van der Waals surface area contributed by atoms with E-state index in [1.54, 1.807) is 6.20 Å². The van der Waals surface area contributed by atoms with Crippen LogP contribution < -0.4 is 5.73 Å². The molecule has 0 radical (unpaired) electrons. The smallest absolute Gasteiger partial charge is 0.0971 e. The lowest BCUT2D eigenvalue weighted by molar-refractivity contribution is 0.165. The summed E-state index contributed by atoms with van der Waals surface area (Å²) in [6, 6.07) is 3.78. The molecule has 0 aromatic carbocycles. The van der Waals surface area contributed by atoms with E-state index in [1.807, 2.05) is 19.1 Å². The predicted octanol–water partition coefficient (Wildman–Crippen LogP) is 0.772. The largest absolute Gasteiger partial charge is 0.387 e. The van der Waals surface area contributed by atoms with Gasteiger partial charge in [-0.05, 0) is 37.6 Å². The van der Waals surface area contributed by atoms with Crippen molar-refractivity contribution in [2.75, 3.05) is 6.54 Å². The Hall–Kier alpha value is -0.930. The molecule has 1 aromatic rings. The molecule has 0 aliphatic carbocycles. The summed E-state index contributed by atoms with van der Waals surface area (Å²) >= 11 is 0. The molecular weight excluding hydrogens is 152 g/mol. The minimum absolute atomic E-state index is 0.483. The molecular formula is C9H14N2O. The number of hydrogen-bond donors (Lipinski definition) is 2. The summed E-state index contributed by atoms with van der Waals surface area (Å²) < 4.78 is 0. The fourth-order valence-electron chi connectivity index (χ4n) is 1.05. The van der Waals surface area contributed by atoms with Crippen LogP contribution in [0.15, 0.2) is 18.3 Å². The summed E-state index contributed by atoms with van der Waals surface area (Å²) in [7, 11) is 0. The Morgan fingerprint density at radius 2 is 2.42 bits per heavy atom. The van der Waals surface area contributed by atoms with Gasteiger partial charge >= 0.3 is 0 Å². The van der Waals surface area contributed by atoms with E-state index >= 15 is 0 Å². The zero-order valence-electron chi connectivity index (χ0n) is 7.20. The van der Waals surface area contributed by atoms with Gasteiger partial charge in [-0.2, -0.15) is 0 Å². The van der Waals surface area contributed by atoms with Crippen molar-refractivity contribution in [1.82, 2.24) is 4.98 Å². The van der Waals surface area contributed by atoms with Gasteiger partial charge < -0.3 is 10.8 Å². The number of nitrogens with two attached hydrogens (primary N) is 1. The lowest BCUT2D eigenvalue weighted by atomic mass is 10.1. The quantitative estimate of drug-likeness (QED) is 0.697. The highest BCUT2D eigenvalue weighted by atomic mass is 16.3. The first-order chi connectivity index (χ1) is 5.74. The van der Waals surface area contributed by atoms with Crippen LogP contribution >= 0.6 is 0 Å². The van der Waals surface area contributed by atoms with Crippen molar-refractivity contribution in [3.8, 4) is 0 Å². The zero-order valence-corrected chi connectivity index (χ0v) is 7.20. The fraction of sp³-hybridized carbons (Fsp3) is 0.444. The summed E-state index contributed by atoms with van der Waals surface area (Å²) in [5, 5.41) is 9.50. The van der Waals surface area contributed by atoms with Crippen LogP contribution in [0.3, 0.4) is 0 Å². The van der Waals surface area contributed by atoms with Crippen molar-refractivity contribution in [3.05, 3.63) is 29.6 Å². The second-order valence-electron chi connectivity index (χ2n) is 2.85. The van der Waals surface area contributed by atoms with Gasteiger partial charge in [0.25, 0.3) is 0 Å². The normalized spacial score (nSPS) is 12.9. The van der Waals surface area contributed by atoms with Crippen molar-refractivity contribution >= 4 is 0 Å². The first kappa shape index (κ1) is 9.16. The topological polar surface area (TPSA) is 59.1 Å². The minimum Gasteiger partial charge on any atom is -0.387 e. The van der Waals surface area contributed by atoms with E-state index in [4.69, 9.17) is 5.73 Å². The van der Waals surface area contributed by atoms with E-state index in [1.165, 1.54) is 0 Å². The van der Waals surface area contributed by atoms with E-state index in [-0.39, 0.29) is 0 Å². The zero-order chi connectivity index (χ0) is 8.97. The molecule has 0 aliphatic rings. The Kier molecular flexibility index (Phi) is 3.19. The molecule has 0 saturated carbocycles. The third-order valence-electron chi connectivity index (χ3n) is 1.72. The van der Waals surface area contributed by atoms with Gasteiger partial charge in [0.2, 0.25) is 0 Å². The first-order valence-corrected chi connectivity index (χ1v) is 4.04. The van der Waals surface area contributed by atoms with Crippen LogP contribution in [0.5, 0.6) is 0 Å². The third kappa shape index (κ3) is 2.29. The SMILES string of the molecule is Cc1ccnc([C@H](O)CCN)c1. The van der Waals surface area contributed by atoms with Gasteiger partial charge in [-0.15, -0.1) is 0 Å². The third-order valence-corrected chi connectivity index (χ3v) is 1.72. The molecule has 12 heavy (non-hydrogen) atoms. The number of hydrogen-bond acceptors (Lipinski definition) is 3.